The predicted molar refractivity (Wildman–Crippen MR) is 67.9 cm³/mol. The van der Waals surface area contributed by atoms with Crippen molar-refractivity contribution in [1.82, 2.24) is 18.7 Å². The number of hydrogen-bond acceptors (Lipinski definition) is 3. The smallest absolute Gasteiger partial charge is 0.308 e. The van der Waals surface area contributed by atoms with Crippen molar-refractivity contribution in [2.45, 2.75) is 19.4 Å². The van der Waals surface area contributed by atoms with Gasteiger partial charge in [-0.2, -0.15) is 4.98 Å². The highest BCUT2D eigenvalue weighted by Crippen LogP contribution is 2.32. The van der Waals surface area contributed by atoms with Crippen LogP contribution >= 0.6 is 11.6 Å². The first kappa shape index (κ1) is 11.5. The number of halogens is 1. The van der Waals surface area contributed by atoms with E-state index >= 15 is 0 Å². The van der Waals surface area contributed by atoms with Crippen LogP contribution in [0, 0.1) is 5.92 Å². The van der Waals surface area contributed by atoms with Crippen LogP contribution in [0.25, 0.3) is 11.2 Å². The maximum absolute atomic E-state index is 12.2. The van der Waals surface area contributed by atoms with Crippen LogP contribution in [0.1, 0.15) is 12.8 Å². The maximum Gasteiger partial charge on any atom is 0.332 e. The van der Waals surface area contributed by atoms with E-state index in [2.05, 4.69) is 4.98 Å². The number of rotatable bonds is 2. The Morgan fingerprint density at radius 3 is 2.56 bits per heavy atom. The third kappa shape index (κ3) is 1.52. The van der Waals surface area contributed by atoms with Gasteiger partial charge in [0.05, 0.1) is 0 Å². The van der Waals surface area contributed by atoms with Gasteiger partial charge < -0.3 is 4.57 Å². The molecule has 0 N–H and O–H groups in total. The molecular formula is C11H13ClN4O2. The summed E-state index contributed by atoms with van der Waals surface area (Å²) in [5.74, 6) is 0.571. The molecule has 96 valence electrons. The van der Waals surface area contributed by atoms with E-state index in [-0.39, 0.29) is 16.5 Å². The van der Waals surface area contributed by atoms with Crippen molar-refractivity contribution >= 4 is 22.8 Å². The summed E-state index contributed by atoms with van der Waals surface area (Å²) in [5, 5.41) is 0.273. The topological polar surface area (TPSA) is 61.8 Å². The summed E-state index contributed by atoms with van der Waals surface area (Å²) in [6.07, 6.45) is 2.31. The number of nitrogens with zero attached hydrogens (tertiary/aromatic N) is 4. The Kier molecular flexibility index (Phi) is 2.38. The van der Waals surface area contributed by atoms with Gasteiger partial charge in [-0.25, -0.2) is 4.79 Å². The molecule has 18 heavy (non-hydrogen) atoms. The number of aryl methyl sites for hydroxylation is 1. The first-order valence-electron chi connectivity index (χ1n) is 5.82. The lowest BCUT2D eigenvalue weighted by atomic mass is 10.4. The highest BCUT2D eigenvalue weighted by Gasteiger charge is 2.26. The molecule has 2 heterocycles. The second-order valence-corrected chi connectivity index (χ2v) is 5.15. The van der Waals surface area contributed by atoms with E-state index in [1.807, 2.05) is 0 Å². The van der Waals surface area contributed by atoms with E-state index in [0.29, 0.717) is 23.6 Å². The molecule has 0 aromatic carbocycles. The molecule has 7 heteroatoms. The van der Waals surface area contributed by atoms with Crippen LogP contribution < -0.4 is 11.2 Å². The second kappa shape index (κ2) is 3.71. The molecule has 1 aliphatic carbocycles. The lowest BCUT2D eigenvalue weighted by molar-refractivity contribution is 0.635. The predicted octanol–water partition coefficient (Wildman–Crippen LogP) is 0.497. The van der Waals surface area contributed by atoms with Crippen LogP contribution in [0.15, 0.2) is 9.59 Å². The third-order valence-electron chi connectivity index (χ3n) is 3.44. The zero-order chi connectivity index (χ0) is 13.0. The fourth-order valence-corrected chi connectivity index (χ4v) is 2.38. The molecule has 0 spiro atoms. The molecule has 1 aliphatic rings. The summed E-state index contributed by atoms with van der Waals surface area (Å²) in [4.78, 5) is 28.1. The Balaban J connectivity index is 2.40. The van der Waals surface area contributed by atoms with Crippen molar-refractivity contribution < 1.29 is 0 Å². The third-order valence-corrected chi connectivity index (χ3v) is 3.73. The highest BCUT2D eigenvalue weighted by atomic mass is 35.5. The maximum atomic E-state index is 12.2. The fraction of sp³-hybridized carbons (Fsp3) is 0.545. The quantitative estimate of drug-likeness (QED) is 0.745. The molecule has 2 aromatic rings. The van der Waals surface area contributed by atoms with Gasteiger partial charge in [-0.3, -0.25) is 13.9 Å². The number of fused-ring (bicyclic) bond motifs is 1. The van der Waals surface area contributed by atoms with Crippen molar-refractivity contribution in [1.29, 1.82) is 0 Å². The Hall–Kier alpha value is -1.56. The van der Waals surface area contributed by atoms with Gasteiger partial charge in [0.2, 0.25) is 5.28 Å². The van der Waals surface area contributed by atoms with Crippen LogP contribution in [0.5, 0.6) is 0 Å². The highest BCUT2D eigenvalue weighted by molar-refractivity contribution is 6.29. The van der Waals surface area contributed by atoms with E-state index in [9.17, 15) is 9.59 Å². The minimum absolute atomic E-state index is 0.273. The molecule has 3 rings (SSSR count). The van der Waals surface area contributed by atoms with Crippen LogP contribution in [-0.4, -0.2) is 18.7 Å². The summed E-state index contributed by atoms with van der Waals surface area (Å²) in [6, 6.07) is 0. The normalized spacial score (nSPS) is 15.5. The zero-order valence-electron chi connectivity index (χ0n) is 10.2. The average molecular weight is 269 g/mol. The van der Waals surface area contributed by atoms with Gasteiger partial charge in [0.15, 0.2) is 11.2 Å². The van der Waals surface area contributed by atoms with Crippen LogP contribution in [0.2, 0.25) is 5.28 Å². The minimum Gasteiger partial charge on any atom is -0.308 e. The van der Waals surface area contributed by atoms with Crippen molar-refractivity contribution in [3.63, 3.8) is 0 Å². The molecule has 0 atom stereocenters. The first-order valence-corrected chi connectivity index (χ1v) is 6.20. The van der Waals surface area contributed by atoms with Gasteiger partial charge in [-0.05, 0) is 30.4 Å². The average Bonchev–Trinajstić information content (AvgIpc) is 3.09. The van der Waals surface area contributed by atoms with E-state index in [1.54, 1.807) is 11.6 Å². The monoisotopic (exact) mass is 268 g/mol. The molecule has 1 saturated carbocycles. The van der Waals surface area contributed by atoms with E-state index < -0.39 is 0 Å². The van der Waals surface area contributed by atoms with E-state index in [1.165, 1.54) is 11.6 Å². The van der Waals surface area contributed by atoms with E-state index in [4.69, 9.17) is 11.6 Å². The largest absolute Gasteiger partial charge is 0.332 e. The fourth-order valence-electron chi connectivity index (χ4n) is 2.15. The van der Waals surface area contributed by atoms with Crippen molar-refractivity contribution in [2.24, 2.45) is 20.0 Å². The summed E-state index contributed by atoms with van der Waals surface area (Å²) >= 11 is 6.08. The van der Waals surface area contributed by atoms with Gasteiger partial charge in [0.25, 0.3) is 5.56 Å². The van der Waals surface area contributed by atoms with E-state index in [0.717, 1.165) is 17.4 Å². The molecule has 2 aromatic heterocycles. The molecular weight excluding hydrogens is 256 g/mol. The standard InChI is InChI=1S/C11H13ClN4O2/c1-14-8-7(9(17)15(2)11(14)18)16(10(12)13-8)5-6-3-4-6/h6H,3-5H2,1-2H3. The molecule has 0 amide bonds. The molecule has 0 radical (unpaired) electrons. The van der Waals surface area contributed by atoms with Crippen molar-refractivity contribution in [2.75, 3.05) is 0 Å². The van der Waals surface area contributed by atoms with Crippen molar-refractivity contribution in [3.8, 4) is 0 Å². The Morgan fingerprint density at radius 1 is 1.28 bits per heavy atom. The zero-order valence-corrected chi connectivity index (χ0v) is 10.9. The molecule has 1 fully saturated rings. The van der Waals surface area contributed by atoms with Crippen molar-refractivity contribution in [3.05, 3.63) is 26.1 Å². The minimum atomic E-state index is -0.389. The van der Waals surface area contributed by atoms with Crippen LogP contribution in [0.4, 0.5) is 0 Å². The number of hydrogen-bond donors (Lipinski definition) is 0. The van der Waals surface area contributed by atoms with Crippen LogP contribution in [-0.2, 0) is 20.6 Å². The molecule has 0 aliphatic heterocycles. The van der Waals surface area contributed by atoms with Gasteiger partial charge in [-0.1, -0.05) is 0 Å². The lowest BCUT2D eigenvalue weighted by Gasteiger charge is -2.06. The second-order valence-electron chi connectivity index (χ2n) is 4.81. The summed E-state index contributed by atoms with van der Waals surface area (Å²) < 4.78 is 4.16. The number of aromatic nitrogens is 4. The first-order chi connectivity index (χ1) is 8.50. The Morgan fingerprint density at radius 2 is 1.94 bits per heavy atom. The number of imidazole rings is 1. The SMILES string of the molecule is Cn1c(=O)c2c(nc(Cl)n2CC2CC2)n(C)c1=O. The van der Waals surface area contributed by atoms with Gasteiger partial charge >= 0.3 is 5.69 Å². The van der Waals surface area contributed by atoms with Crippen LogP contribution in [0.3, 0.4) is 0 Å². The molecule has 0 saturated heterocycles. The summed E-state index contributed by atoms with van der Waals surface area (Å²) in [7, 11) is 3.06. The molecule has 0 bridgehead atoms. The van der Waals surface area contributed by atoms with Gasteiger partial charge in [0, 0.05) is 20.6 Å². The van der Waals surface area contributed by atoms with Gasteiger partial charge in [-0.15, -0.1) is 0 Å². The molecule has 6 nitrogen and oxygen atoms in total. The Bertz CT molecular complexity index is 751. The lowest BCUT2D eigenvalue weighted by Crippen LogP contribution is -2.37. The summed E-state index contributed by atoms with van der Waals surface area (Å²) in [5.41, 5.74) is 0.0404. The van der Waals surface area contributed by atoms with Gasteiger partial charge in [0.1, 0.15) is 0 Å². The Labute approximate surface area is 107 Å². The summed E-state index contributed by atoms with van der Waals surface area (Å²) in [6.45, 7) is 0.697. The molecule has 0 unspecified atom stereocenters.